The molecule has 0 spiro atoms. The number of piperazine rings is 1. The number of carbonyl (C=O) groups is 1. The number of rotatable bonds is 2. The van der Waals surface area contributed by atoms with Crippen LogP contribution in [0.25, 0.3) is 10.8 Å². The van der Waals surface area contributed by atoms with Gasteiger partial charge in [0, 0.05) is 43.3 Å². The Morgan fingerprint density at radius 2 is 2.10 bits per heavy atom. The topological polar surface area (TPSA) is 57.0 Å². The average molecular weight is 434 g/mol. The number of carbonyl (C=O) groups excluding carboxylic acids is 1. The van der Waals surface area contributed by atoms with Crippen LogP contribution in [0.3, 0.4) is 0 Å². The van der Waals surface area contributed by atoms with Crippen molar-refractivity contribution in [3.63, 3.8) is 0 Å². The predicted molar refractivity (Wildman–Crippen MR) is 123 cm³/mol. The van der Waals surface area contributed by atoms with Crippen LogP contribution in [0.1, 0.15) is 29.9 Å². The van der Waals surface area contributed by atoms with Crippen LogP contribution in [0.5, 0.6) is 0 Å². The van der Waals surface area contributed by atoms with Crippen LogP contribution in [-0.4, -0.2) is 73.2 Å². The molecule has 0 radical (unpaired) electrons. The molecule has 2 aromatic heterocycles. The minimum absolute atomic E-state index is 0.0446. The highest BCUT2D eigenvalue weighted by Crippen LogP contribution is 2.44. The summed E-state index contributed by atoms with van der Waals surface area (Å²) in [6.45, 7) is 8.45. The highest BCUT2D eigenvalue weighted by molar-refractivity contribution is 7.51. The van der Waals surface area contributed by atoms with Gasteiger partial charge in [0.2, 0.25) is 0 Å². The molecule has 31 heavy (non-hydrogen) atoms. The molecule has 4 aliphatic rings. The lowest BCUT2D eigenvalue weighted by molar-refractivity contribution is -0.123. The molecule has 0 N–H and O–H groups in total. The normalized spacial score (nSPS) is 27.0. The van der Waals surface area contributed by atoms with E-state index in [9.17, 15) is 4.79 Å². The maximum atomic E-state index is 13.1. The van der Waals surface area contributed by atoms with Crippen LogP contribution < -0.4 is 0 Å². The van der Waals surface area contributed by atoms with Crippen molar-refractivity contribution in [2.24, 2.45) is 0 Å². The molecule has 0 aromatic carbocycles. The SMILES string of the molecule is Cc1cn2nc(C3=CC(=O)N4C=C(N5CCN6CCC[C@@H]6C5)C=CC4P3)cc2c(C)n1. The second-order valence-electron chi connectivity index (χ2n) is 8.91. The first-order valence-electron chi connectivity index (χ1n) is 11.1. The zero-order chi connectivity index (χ0) is 21.1. The monoisotopic (exact) mass is 434 g/mol. The minimum atomic E-state index is 0.0446. The maximum absolute atomic E-state index is 13.1. The first-order chi connectivity index (χ1) is 15.0. The molecular formula is C23H27N6OP. The highest BCUT2D eigenvalue weighted by Gasteiger charge is 2.34. The van der Waals surface area contributed by atoms with Crippen molar-refractivity contribution in [3.8, 4) is 0 Å². The van der Waals surface area contributed by atoms with Gasteiger partial charge in [-0.05, 0) is 45.4 Å². The van der Waals surface area contributed by atoms with Gasteiger partial charge in [-0.15, -0.1) is 0 Å². The van der Waals surface area contributed by atoms with E-state index in [0.29, 0.717) is 14.6 Å². The Bertz CT molecular complexity index is 1160. The molecular weight excluding hydrogens is 407 g/mol. The summed E-state index contributed by atoms with van der Waals surface area (Å²) in [5.74, 6) is 0.123. The van der Waals surface area contributed by atoms with Gasteiger partial charge in [0.05, 0.1) is 40.3 Å². The first kappa shape index (κ1) is 19.2. The molecule has 4 aliphatic heterocycles. The smallest absolute Gasteiger partial charge is 0.252 e. The van der Waals surface area contributed by atoms with Crippen LogP contribution in [0.15, 0.2) is 42.4 Å². The fourth-order valence-corrected chi connectivity index (χ4v) is 6.58. The predicted octanol–water partition coefficient (Wildman–Crippen LogP) is 2.73. The molecule has 0 bridgehead atoms. The van der Waals surface area contributed by atoms with E-state index >= 15 is 0 Å². The quantitative estimate of drug-likeness (QED) is 0.681. The Morgan fingerprint density at radius 3 is 3.00 bits per heavy atom. The van der Waals surface area contributed by atoms with Crippen LogP contribution in [0, 0.1) is 13.8 Å². The van der Waals surface area contributed by atoms with Crippen molar-refractivity contribution < 1.29 is 4.79 Å². The lowest BCUT2D eigenvalue weighted by atomic mass is 10.1. The number of amides is 1. The summed E-state index contributed by atoms with van der Waals surface area (Å²) in [6, 6.07) is 2.72. The molecule has 2 aromatic rings. The summed E-state index contributed by atoms with van der Waals surface area (Å²) < 4.78 is 1.88. The van der Waals surface area contributed by atoms with Crippen molar-refractivity contribution >= 4 is 25.3 Å². The third kappa shape index (κ3) is 3.31. The van der Waals surface area contributed by atoms with Crippen molar-refractivity contribution in [1.82, 2.24) is 29.3 Å². The fraction of sp³-hybridized carbons (Fsp3) is 0.435. The number of allylic oxidation sites excluding steroid dienone is 1. The van der Waals surface area contributed by atoms with Gasteiger partial charge in [0.15, 0.2) is 0 Å². The summed E-state index contributed by atoms with van der Waals surface area (Å²) >= 11 is 0. The van der Waals surface area contributed by atoms with E-state index in [2.05, 4.69) is 39.2 Å². The van der Waals surface area contributed by atoms with E-state index in [4.69, 9.17) is 5.10 Å². The van der Waals surface area contributed by atoms with Crippen LogP contribution >= 0.6 is 8.58 Å². The van der Waals surface area contributed by atoms with Gasteiger partial charge in [-0.25, -0.2) is 4.52 Å². The van der Waals surface area contributed by atoms with Crippen molar-refractivity contribution in [2.75, 3.05) is 26.2 Å². The third-order valence-corrected chi connectivity index (χ3v) is 8.31. The van der Waals surface area contributed by atoms with Gasteiger partial charge in [0.1, 0.15) is 0 Å². The van der Waals surface area contributed by atoms with Crippen LogP contribution in [-0.2, 0) is 4.79 Å². The first-order valence-corrected chi connectivity index (χ1v) is 12.2. The lowest BCUT2D eigenvalue weighted by Gasteiger charge is -2.41. The molecule has 2 fully saturated rings. The van der Waals surface area contributed by atoms with E-state index < -0.39 is 0 Å². The Kier molecular flexibility index (Phi) is 4.51. The molecule has 6 heterocycles. The molecule has 160 valence electrons. The number of hydrogen-bond acceptors (Lipinski definition) is 5. The van der Waals surface area contributed by atoms with Crippen LogP contribution in [0.2, 0.25) is 0 Å². The summed E-state index contributed by atoms with van der Waals surface area (Å²) in [5, 5.41) is 5.76. The van der Waals surface area contributed by atoms with E-state index in [1.165, 1.54) is 25.1 Å². The van der Waals surface area contributed by atoms with Gasteiger partial charge in [-0.2, -0.15) is 5.10 Å². The van der Waals surface area contributed by atoms with Gasteiger partial charge in [0.25, 0.3) is 5.91 Å². The van der Waals surface area contributed by atoms with Crippen molar-refractivity contribution in [3.05, 3.63) is 59.5 Å². The summed E-state index contributed by atoms with van der Waals surface area (Å²) in [4.78, 5) is 24.6. The van der Waals surface area contributed by atoms with Crippen LogP contribution in [0.4, 0.5) is 0 Å². The number of nitrogens with zero attached hydrogens (tertiary/aromatic N) is 6. The zero-order valence-electron chi connectivity index (χ0n) is 18.0. The second kappa shape index (κ2) is 7.28. The van der Waals surface area contributed by atoms with E-state index in [1.807, 2.05) is 29.5 Å². The third-order valence-electron chi connectivity index (χ3n) is 6.83. The van der Waals surface area contributed by atoms with E-state index in [-0.39, 0.29) is 11.7 Å². The summed E-state index contributed by atoms with van der Waals surface area (Å²) in [6.07, 6.45) is 12.8. The molecule has 0 saturated carbocycles. The maximum Gasteiger partial charge on any atom is 0.252 e. The second-order valence-corrected chi connectivity index (χ2v) is 10.3. The van der Waals surface area contributed by atoms with Gasteiger partial charge >= 0.3 is 0 Å². The number of aromatic nitrogens is 3. The summed E-state index contributed by atoms with van der Waals surface area (Å²) in [5.41, 5.74) is 4.94. The number of hydrogen-bond donors (Lipinski definition) is 0. The lowest BCUT2D eigenvalue weighted by Crippen LogP contribution is -2.50. The molecule has 2 unspecified atom stereocenters. The highest BCUT2D eigenvalue weighted by atomic mass is 31.1. The molecule has 8 heteroatoms. The Hall–Kier alpha value is -2.50. The Labute approximate surface area is 183 Å². The molecule has 6 rings (SSSR count). The molecule has 1 amide bonds. The number of aryl methyl sites for hydroxylation is 2. The minimum Gasteiger partial charge on any atom is -0.368 e. The van der Waals surface area contributed by atoms with Gasteiger partial charge in [-0.1, -0.05) is 14.7 Å². The Morgan fingerprint density at radius 1 is 1.19 bits per heavy atom. The average Bonchev–Trinajstić information content (AvgIpc) is 3.40. The molecule has 0 aliphatic carbocycles. The summed E-state index contributed by atoms with van der Waals surface area (Å²) in [7, 11) is 0.476. The standard InChI is InChI=1S/C23H27N6OP/c1-15-12-29-20(16(2)24-15)10-19(25-29)21-11-22(30)28-14-18(5-6-23(28)31-21)27-9-8-26-7-3-4-17(26)13-27/h5-6,10-12,14,17,23,31H,3-4,7-9,13H2,1-2H3/t17-,23?/m1/s1. The fourth-order valence-electron chi connectivity index (χ4n) is 5.25. The van der Waals surface area contributed by atoms with E-state index in [0.717, 1.165) is 47.5 Å². The molecule has 2 saturated heterocycles. The van der Waals surface area contributed by atoms with Gasteiger partial charge in [-0.3, -0.25) is 14.7 Å². The Balaban J connectivity index is 1.25. The van der Waals surface area contributed by atoms with E-state index in [1.54, 1.807) is 6.08 Å². The molecule has 7 nitrogen and oxygen atoms in total. The largest absolute Gasteiger partial charge is 0.368 e. The van der Waals surface area contributed by atoms with Crippen molar-refractivity contribution in [1.29, 1.82) is 0 Å². The van der Waals surface area contributed by atoms with Gasteiger partial charge < -0.3 is 9.80 Å². The van der Waals surface area contributed by atoms with Crippen molar-refractivity contribution in [2.45, 2.75) is 38.5 Å². The zero-order valence-corrected chi connectivity index (χ0v) is 19.0. The molecule has 3 atom stereocenters. The number of fused-ring (bicyclic) bond motifs is 3.